The van der Waals surface area contributed by atoms with Crippen LogP contribution in [-0.4, -0.2) is 55.5 Å². The molecular formula is C18H34Cl4S6. The molecule has 6 unspecified atom stereocenters. The fourth-order valence-electron chi connectivity index (χ4n) is 4.04. The maximum absolute atomic E-state index is 6.16. The first-order valence-corrected chi connectivity index (χ1v) is 14.9. The van der Waals surface area contributed by atoms with Crippen molar-refractivity contribution < 1.29 is 0 Å². The van der Waals surface area contributed by atoms with E-state index in [9.17, 15) is 0 Å². The van der Waals surface area contributed by atoms with Gasteiger partial charge in [-0.15, -0.1) is 46.4 Å². The first-order valence-electron chi connectivity index (χ1n) is 9.54. The van der Waals surface area contributed by atoms with Crippen molar-refractivity contribution >= 4 is 122 Å². The maximum atomic E-state index is 6.16. The van der Waals surface area contributed by atoms with Gasteiger partial charge in [0, 0.05) is 55.2 Å². The Balaban J connectivity index is 6.47. The first kappa shape index (κ1) is 31.3. The van der Waals surface area contributed by atoms with E-state index in [4.69, 9.17) is 110 Å². The standard InChI is InChI=1S/C18H34Cl4S6/c19-7-3-13(24)12(2-1-11-23)18(15(26)5-9-21,16(27)6-10-22)17(28)14(25)4-8-20/h12-17,23-28H,1-11H2. The smallest absolute Gasteiger partial charge is 0.0234 e. The van der Waals surface area contributed by atoms with E-state index in [0.717, 1.165) is 44.3 Å². The molecule has 170 valence electrons. The van der Waals surface area contributed by atoms with E-state index in [1.165, 1.54) is 0 Å². The lowest BCUT2D eigenvalue weighted by molar-refractivity contribution is 0.123. The van der Waals surface area contributed by atoms with Crippen LogP contribution in [0.25, 0.3) is 0 Å². The van der Waals surface area contributed by atoms with Crippen LogP contribution in [0.5, 0.6) is 0 Å². The molecule has 28 heavy (non-hydrogen) atoms. The SMILES string of the molecule is SCCCC(C(S)CCCl)C(C(S)CCCl)(C(S)CCCl)C(S)C(S)CCCl. The predicted octanol–water partition coefficient (Wildman–Crippen LogP) is 7.31. The second-order valence-electron chi connectivity index (χ2n) is 6.99. The van der Waals surface area contributed by atoms with Crippen LogP contribution in [0.4, 0.5) is 0 Å². The van der Waals surface area contributed by atoms with Gasteiger partial charge in [0.2, 0.25) is 0 Å². The van der Waals surface area contributed by atoms with Crippen LogP contribution >= 0.6 is 122 Å². The minimum Gasteiger partial charge on any atom is -0.179 e. The van der Waals surface area contributed by atoms with Crippen LogP contribution in [0, 0.1) is 11.3 Å². The molecule has 0 bridgehead atoms. The van der Waals surface area contributed by atoms with E-state index in [1.807, 2.05) is 0 Å². The van der Waals surface area contributed by atoms with E-state index >= 15 is 0 Å². The molecule has 0 fully saturated rings. The van der Waals surface area contributed by atoms with Gasteiger partial charge < -0.3 is 0 Å². The zero-order valence-corrected chi connectivity index (χ0v) is 24.3. The molecule has 0 saturated heterocycles. The minimum absolute atomic E-state index is 0.00850. The third-order valence-corrected chi connectivity index (χ3v) is 10.2. The van der Waals surface area contributed by atoms with Crippen LogP contribution in [0.2, 0.25) is 0 Å². The van der Waals surface area contributed by atoms with Gasteiger partial charge in [-0.1, -0.05) is 0 Å². The Morgan fingerprint density at radius 1 is 0.607 bits per heavy atom. The number of thiol groups is 6. The summed E-state index contributed by atoms with van der Waals surface area (Å²) in [4.78, 5) is 0. The van der Waals surface area contributed by atoms with Crippen LogP contribution < -0.4 is 0 Å². The lowest BCUT2D eigenvalue weighted by atomic mass is 9.62. The van der Waals surface area contributed by atoms with Crippen molar-refractivity contribution in [3.8, 4) is 0 Å². The molecule has 0 aliphatic carbocycles. The maximum Gasteiger partial charge on any atom is 0.0234 e. The summed E-state index contributed by atoms with van der Waals surface area (Å²) in [6.45, 7) is 0. The third kappa shape index (κ3) is 8.89. The fraction of sp³-hybridized carbons (Fsp3) is 1.00. The highest BCUT2D eigenvalue weighted by molar-refractivity contribution is 7.85. The van der Waals surface area contributed by atoms with Crippen molar-refractivity contribution in [1.29, 1.82) is 0 Å². The second-order valence-corrected chi connectivity index (χ2v) is 12.1. The molecule has 0 aromatic heterocycles. The van der Waals surface area contributed by atoms with Gasteiger partial charge in [-0.2, -0.15) is 75.8 Å². The van der Waals surface area contributed by atoms with Crippen molar-refractivity contribution in [2.45, 2.75) is 64.8 Å². The normalized spacial score (nSPS) is 20.8. The molecule has 10 heteroatoms. The lowest BCUT2D eigenvalue weighted by Gasteiger charge is -2.55. The molecule has 0 saturated carbocycles. The summed E-state index contributed by atoms with van der Waals surface area (Å²) < 4.78 is 0. The molecule has 0 rings (SSSR count). The average molecular weight is 585 g/mol. The van der Waals surface area contributed by atoms with E-state index < -0.39 is 0 Å². The van der Waals surface area contributed by atoms with Gasteiger partial charge in [0.05, 0.1) is 0 Å². The number of rotatable bonds is 17. The third-order valence-electron chi connectivity index (χ3n) is 5.39. The fourth-order valence-corrected chi connectivity index (χ4v) is 9.04. The number of hydrogen-bond donors (Lipinski definition) is 6. The molecular weight excluding hydrogens is 550 g/mol. The zero-order valence-electron chi connectivity index (χ0n) is 15.9. The summed E-state index contributed by atoms with van der Waals surface area (Å²) in [5.41, 5.74) is -0.390. The highest BCUT2D eigenvalue weighted by Crippen LogP contribution is 2.54. The summed E-state index contributed by atoms with van der Waals surface area (Å²) in [6, 6.07) is 0. The largest absolute Gasteiger partial charge is 0.179 e. The van der Waals surface area contributed by atoms with Crippen LogP contribution in [0.3, 0.4) is 0 Å². The van der Waals surface area contributed by atoms with Gasteiger partial charge in [-0.25, -0.2) is 0 Å². The molecule has 0 aromatic rings. The molecule has 6 atom stereocenters. The average Bonchev–Trinajstić information content (AvgIpc) is 2.65. The monoisotopic (exact) mass is 582 g/mol. The Morgan fingerprint density at radius 3 is 1.43 bits per heavy atom. The topological polar surface area (TPSA) is 0 Å². The second kappa shape index (κ2) is 17.7. The van der Waals surface area contributed by atoms with Crippen molar-refractivity contribution in [2.24, 2.45) is 11.3 Å². The molecule has 0 aliphatic heterocycles. The van der Waals surface area contributed by atoms with Gasteiger partial charge in [-0.3, -0.25) is 0 Å². The number of halogens is 4. The van der Waals surface area contributed by atoms with Crippen LogP contribution in [0.15, 0.2) is 0 Å². The van der Waals surface area contributed by atoms with Crippen LogP contribution in [0.1, 0.15) is 38.5 Å². The van der Waals surface area contributed by atoms with Crippen molar-refractivity contribution in [2.75, 3.05) is 29.3 Å². The van der Waals surface area contributed by atoms with Gasteiger partial charge in [0.25, 0.3) is 0 Å². The van der Waals surface area contributed by atoms with E-state index in [-0.39, 0.29) is 37.6 Å². The first-order chi connectivity index (χ1) is 13.3. The van der Waals surface area contributed by atoms with E-state index in [0.29, 0.717) is 23.5 Å². The Bertz CT molecular complexity index is 381. The summed E-state index contributed by atoms with van der Waals surface area (Å²) in [6.07, 6.45) is 4.91. The van der Waals surface area contributed by atoms with E-state index in [2.05, 4.69) is 12.6 Å². The minimum atomic E-state index is -0.390. The van der Waals surface area contributed by atoms with E-state index in [1.54, 1.807) is 0 Å². The zero-order chi connectivity index (χ0) is 21.7. The molecule has 0 spiro atoms. The van der Waals surface area contributed by atoms with Gasteiger partial charge in [-0.05, 0) is 50.2 Å². The molecule has 0 aliphatic rings. The summed E-state index contributed by atoms with van der Waals surface area (Å²) in [5.74, 6) is 3.06. The number of hydrogen-bond acceptors (Lipinski definition) is 6. The van der Waals surface area contributed by atoms with Crippen molar-refractivity contribution in [3.63, 3.8) is 0 Å². The molecule has 0 radical (unpaired) electrons. The molecule has 0 heterocycles. The number of alkyl halides is 4. The molecule has 0 aromatic carbocycles. The lowest BCUT2D eigenvalue weighted by Crippen LogP contribution is -2.58. The Hall–Kier alpha value is 3.26. The van der Waals surface area contributed by atoms with Gasteiger partial charge in [0.1, 0.15) is 0 Å². The summed E-state index contributed by atoms with van der Waals surface area (Å²) >= 11 is 54.0. The summed E-state index contributed by atoms with van der Waals surface area (Å²) in [5, 5.41) is -0.0820. The van der Waals surface area contributed by atoms with Crippen molar-refractivity contribution in [1.82, 2.24) is 0 Å². The Kier molecular flexibility index (Phi) is 19.8. The predicted molar refractivity (Wildman–Crippen MR) is 154 cm³/mol. The summed E-state index contributed by atoms with van der Waals surface area (Å²) in [7, 11) is 0. The quantitative estimate of drug-likeness (QED) is 0.0750. The highest BCUT2D eigenvalue weighted by atomic mass is 35.5. The Labute approximate surface area is 225 Å². The molecule has 0 N–H and O–H groups in total. The van der Waals surface area contributed by atoms with Crippen LogP contribution in [-0.2, 0) is 0 Å². The highest BCUT2D eigenvalue weighted by Gasteiger charge is 2.54. The molecule has 0 amide bonds. The van der Waals surface area contributed by atoms with Gasteiger partial charge in [0.15, 0.2) is 0 Å². The van der Waals surface area contributed by atoms with Gasteiger partial charge >= 0.3 is 0 Å². The molecule has 0 nitrogen and oxygen atoms in total. The van der Waals surface area contributed by atoms with Crippen molar-refractivity contribution in [3.05, 3.63) is 0 Å². The Morgan fingerprint density at radius 2 is 1.04 bits per heavy atom.